The highest BCUT2D eigenvalue weighted by Crippen LogP contribution is 2.31. The zero-order chi connectivity index (χ0) is 13.3. The van der Waals surface area contributed by atoms with Gasteiger partial charge in [-0.25, -0.2) is 8.42 Å². The summed E-state index contributed by atoms with van der Waals surface area (Å²) in [5.74, 6) is 0.491. The molecule has 0 bridgehead atoms. The summed E-state index contributed by atoms with van der Waals surface area (Å²) in [7, 11) is -0.388. The zero-order valence-corrected chi connectivity index (χ0v) is 11.3. The van der Waals surface area contributed by atoms with E-state index in [1.165, 1.54) is 23.5 Å². The van der Waals surface area contributed by atoms with Crippen molar-refractivity contribution in [1.29, 1.82) is 0 Å². The van der Waals surface area contributed by atoms with Crippen molar-refractivity contribution in [3.05, 3.63) is 23.8 Å². The topological polar surface area (TPSA) is 66.8 Å². The van der Waals surface area contributed by atoms with Crippen molar-refractivity contribution in [2.45, 2.75) is 30.4 Å². The third-order valence-electron chi connectivity index (χ3n) is 3.16. The SMILES string of the molecule is COc1ccc(S(=O)(=O)N(C)C2CC2)cc1CO. The van der Waals surface area contributed by atoms with Gasteiger partial charge in [0.05, 0.1) is 18.6 Å². The molecule has 100 valence electrons. The van der Waals surface area contributed by atoms with Crippen LogP contribution in [0.5, 0.6) is 5.75 Å². The molecular formula is C12H17NO4S. The lowest BCUT2D eigenvalue weighted by atomic mass is 10.2. The first-order valence-electron chi connectivity index (χ1n) is 5.76. The van der Waals surface area contributed by atoms with Gasteiger partial charge in [0, 0.05) is 18.7 Å². The first kappa shape index (κ1) is 13.3. The van der Waals surface area contributed by atoms with E-state index in [-0.39, 0.29) is 17.5 Å². The van der Waals surface area contributed by atoms with E-state index in [2.05, 4.69) is 0 Å². The van der Waals surface area contributed by atoms with Crippen LogP contribution in [0, 0.1) is 0 Å². The van der Waals surface area contributed by atoms with Gasteiger partial charge < -0.3 is 9.84 Å². The number of ether oxygens (including phenoxy) is 1. The Labute approximate surface area is 107 Å². The number of methoxy groups -OCH3 is 1. The molecule has 0 heterocycles. The summed E-state index contributed by atoms with van der Waals surface area (Å²) in [6.45, 7) is -0.250. The maximum atomic E-state index is 12.3. The van der Waals surface area contributed by atoms with Crippen LogP contribution in [0.3, 0.4) is 0 Å². The highest BCUT2D eigenvalue weighted by atomic mass is 32.2. The summed E-state index contributed by atoms with van der Waals surface area (Å²) < 4.78 is 31.0. The molecule has 2 rings (SSSR count). The predicted octanol–water partition coefficient (Wildman–Crippen LogP) is 0.970. The maximum absolute atomic E-state index is 12.3. The number of aliphatic hydroxyl groups is 1. The normalized spacial score (nSPS) is 16.0. The standard InChI is InChI=1S/C12H17NO4S/c1-13(10-3-4-10)18(15,16)11-5-6-12(17-2)9(7-11)8-14/h5-7,10,14H,3-4,8H2,1-2H3. The summed E-state index contributed by atoms with van der Waals surface area (Å²) in [6.07, 6.45) is 1.83. The summed E-state index contributed by atoms with van der Waals surface area (Å²) in [6, 6.07) is 4.66. The lowest BCUT2D eigenvalue weighted by Gasteiger charge is -2.17. The minimum Gasteiger partial charge on any atom is -0.496 e. The van der Waals surface area contributed by atoms with Gasteiger partial charge in [0.2, 0.25) is 10.0 Å². The Morgan fingerprint density at radius 3 is 2.61 bits per heavy atom. The van der Waals surface area contributed by atoms with Gasteiger partial charge in [0.25, 0.3) is 0 Å². The average Bonchev–Trinajstić information content (AvgIpc) is 3.21. The molecule has 1 fully saturated rings. The fraction of sp³-hybridized carbons (Fsp3) is 0.500. The first-order valence-corrected chi connectivity index (χ1v) is 7.20. The summed E-state index contributed by atoms with van der Waals surface area (Å²) >= 11 is 0. The van der Waals surface area contributed by atoms with E-state index in [1.807, 2.05) is 0 Å². The number of hydrogen-bond acceptors (Lipinski definition) is 4. The molecule has 5 nitrogen and oxygen atoms in total. The van der Waals surface area contributed by atoms with Gasteiger partial charge in [-0.05, 0) is 31.0 Å². The number of nitrogens with zero attached hydrogens (tertiary/aromatic N) is 1. The number of sulfonamides is 1. The second kappa shape index (κ2) is 4.87. The van der Waals surface area contributed by atoms with E-state index in [1.54, 1.807) is 13.1 Å². The van der Waals surface area contributed by atoms with Crippen LogP contribution in [0.1, 0.15) is 18.4 Å². The van der Waals surface area contributed by atoms with Gasteiger partial charge in [-0.1, -0.05) is 0 Å². The molecule has 0 unspecified atom stereocenters. The molecule has 0 saturated heterocycles. The van der Waals surface area contributed by atoms with Crippen LogP contribution in [0.4, 0.5) is 0 Å². The molecule has 0 spiro atoms. The maximum Gasteiger partial charge on any atom is 0.243 e. The third kappa shape index (κ3) is 2.36. The van der Waals surface area contributed by atoms with E-state index in [9.17, 15) is 13.5 Å². The van der Waals surface area contributed by atoms with Crippen LogP contribution in [-0.4, -0.2) is 38.0 Å². The summed E-state index contributed by atoms with van der Waals surface area (Å²) in [4.78, 5) is 0.196. The van der Waals surface area contributed by atoms with Crippen LogP contribution in [-0.2, 0) is 16.6 Å². The molecule has 18 heavy (non-hydrogen) atoms. The zero-order valence-electron chi connectivity index (χ0n) is 10.5. The second-order valence-corrected chi connectivity index (χ2v) is 6.38. The van der Waals surface area contributed by atoms with Crippen molar-refractivity contribution in [1.82, 2.24) is 4.31 Å². The molecule has 1 N–H and O–H groups in total. The molecule has 1 saturated carbocycles. The molecule has 0 aromatic heterocycles. The Hall–Kier alpha value is -1.11. The van der Waals surface area contributed by atoms with Crippen molar-refractivity contribution >= 4 is 10.0 Å². The van der Waals surface area contributed by atoms with Crippen molar-refractivity contribution < 1.29 is 18.3 Å². The molecule has 0 radical (unpaired) electrons. The highest BCUT2D eigenvalue weighted by Gasteiger charge is 2.35. The molecule has 1 aromatic carbocycles. The minimum absolute atomic E-state index is 0.120. The first-order chi connectivity index (χ1) is 8.50. The summed E-state index contributed by atoms with van der Waals surface area (Å²) in [5.41, 5.74) is 0.475. The van der Waals surface area contributed by atoms with E-state index >= 15 is 0 Å². The molecule has 1 aromatic rings. The lowest BCUT2D eigenvalue weighted by molar-refractivity contribution is 0.273. The average molecular weight is 271 g/mol. The van der Waals surface area contributed by atoms with Crippen molar-refractivity contribution in [3.8, 4) is 5.75 Å². The van der Waals surface area contributed by atoms with Crippen LogP contribution in [0.2, 0.25) is 0 Å². The Bertz CT molecular complexity index is 537. The van der Waals surface area contributed by atoms with E-state index < -0.39 is 10.0 Å². The number of benzene rings is 1. The molecule has 0 amide bonds. The second-order valence-electron chi connectivity index (χ2n) is 4.38. The van der Waals surface area contributed by atoms with Gasteiger partial charge in [0.15, 0.2) is 0 Å². The highest BCUT2D eigenvalue weighted by molar-refractivity contribution is 7.89. The molecule has 1 aliphatic carbocycles. The Kier molecular flexibility index (Phi) is 3.61. The Morgan fingerprint density at radius 2 is 2.11 bits per heavy atom. The molecule has 1 aliphatic rings. The van der Waals surface area contributed by atoms with E-state index in [4.69, 9.17) is 4.74 Å². The van der Waals surface area contributed by atoms with Gasteiger partial charge >= 0.3 is 0 Å². The lowest BCUT2D eigenvalue weighted by Crippen LogP contribution is -2.29. The fourth-order valence-electron chi connectivity index (χ4n) is 1.84. The number of aliphatic hydroxyl groups excluding tert-OH is 1. The Balaban J connectivity index is 2.38. The van der Waals surface area contributed by atoms with E-state index in [0.29, 0.717) is 11.3 Å². The van der Waals surface area contributed by atoms with Crippen LogP contribution < -0.4 is 4.74 Å². The number of hydrogen-bond donors (Lipinski definition) is 1. The minimum atomic E-state index is -3.47. The summed E-state index contributed by atoms with van der Waals surface area (Å²) in [5, 5.41) is 9.21. The van der Waals surface area contributed by atoms with E-state index in [0.717, 1.165) is 12.8 Å². The molecular weight excluding hydrogens is 254 g/mol. The monoisotopic (exact) mass is 271 g/mol. The smallest absolute Gasteiger partial charge is 0.243 e. The van der Waals surface area contributed by atoms with Gasteiger partial charge in [-0.15, -0.1) is 0 Å². The van der Waals surface area contributed by atoms with Crippen molar-refractivity contribution in [3.63, 3.8) is 0 Å². The third-order valence-corrected chi connectivity index (χ3v) is 5.07. The molecule has 0 aliphatic heterocycles. The van der Waals surface area contributed by atoms with Crippen molar-refractivity contribution in [2.24, 2.45) is 0 Å². The van der Waals surface area contributed by atoms with Gasteiger partial charge in [-0.2, -0.15) is 4.31 Å². The van der Waals surface area contributed by atoms with Gasteiger partial charge in [0.1, 0.15) is 5.75 Å². The quantitative estimate of drug-likeness (QED) is 0.866. The van der Waals surface area contributed by atoms with Gasteiger partial charge in [-0.3, -0.25) is 0 Å². The van der Waals surface area contributed by atoms with Crippen LogP contribution >= 0.6 is 0 Å². The largest absolute Gasteiger partial charge is 0.496 e. The molecule has 6 heteroatoms. The van der Waals surface area contributed by atoms with Crippen molar-refractivity contribution in [2.75, 3.05) is 14.2 Å². The fourth-order valence-corrected chi connectivity index (χ4v) is 3.31. The Morgan fingerprint density at radius 1 is 1.44 bits per heavy atom. The number of rotatable bonds is 5. The molecule has 0 atom stereocenters. The van der Waals surface area contributed by atoms with Crippen LogP contribution in [0.25, 0.3) is 0 Å². The van der Waals surface area contributed by atoms with Crippen LogP contribution in [0.15, 0.2) is 23.1 Å². The predicted molar refractivity (Wildman–Crippen MR) is 66.9 cm³/mol.